The van der Waals surface area contributed by atoms with Gasteiger partial charge < -0.3 is 5.73 Å². The number of likely N-dealkylation sites (tertiary alicyclic amines) is 1. The average molecular weight is 211 g/mol. The number of nitrogens with zero attached hydrogens (tertiary/aromatic N) is 1. The molecule has 2 N–H and O–H groups in total. The number of halogens is 1. The van der Waals surface area contributed by atoms with Crippen LogP contribution in [0.4, 0.5) is 5.69 Å². The first-order valence-electron chi connectivity index (χ1n) is 4.95. The standard InChI is InChI=1S/C11H15ClN2/c12-10-5-6-14(8-10)7-9-3-1-2-4-11(9)13/h1-4,10H,5-8,13H2/t10-/m1/s1. The molecular weight excluding hydrogens is 196 g/mol. The van der Waals surface area contributed by atoms with Crippen molar-refractivity contribution in [3.05, 3.63) is 29.8 Å². The maximum Gasteiger partial charge on any atom is 0.0475 e. The normalized spacial score (nSPS) is 22.8. The van der Waals surface area contributed by atoms with Gasteiger partial charge in [0, 0.05) is 24.2 Å². The Morgan fingerprint density at radius 1 is 1.43 bits per heavy atom. The topological polar surface area (TPSA) is 29.3 Å². The number of hydrogen-bond donors (Lipinski definition) is 1. The summed E-state index contributed by atoms with van der Waals surface area (Å²) in [6.07, 6.45) is 1.09. The average Bonchev–Trinajstić information content (AvgIpc) is 2.56. The Balaban J connectivity index is 2.01. The highest BCUT2D eigenvalue weighted by Crippen LogP contribution is 2.19. The molecule has 0 aromatic heterocycles. The molecule has 0 spiro atoms. The number of para-hydroxylation sites is 1. The summed E-state index contributed by atoms with van der Waals surface area (Å²) in [6, 6.07) is 8.02. The number of nitrogen functional groups attached to an aromatic ring is 1. The van der Waals surface area contributed by atoms with Crippen molar-refractivity contribution in [2.24, 2.45) is 0 Å². The Bertz CT molecular complexity index is 314. The number of nitrogens with two attached hydrogens (primary N) is 1. The summed E-state index contributed by atoms with van der Waals surface area (Å²) < 4.78 is 0. The molecule has 3 heteroatoms. The molecule has 1 atom stereocenters. The zero-order chi connectivity index (χ0) is 9.97. The van der Waals surface area contributed by atoms with E-state index >= 15 is 0 Å². The fraction of sp³-hybridized carbons (Fsp3) is 0.455. The van der Waals surface area contributed by atoms with Crippen molar-refractivity contribution in [2.45, 2.75) is 18.3 Å². The Hall–Kier alpha value is -0.730. The van der Waals surface area contributed by atoms with Crippen molar-refractivity contribution in [3.8, 4) is 0 Å². The highest BCUT2D eigenvalue weighted by Gasteiger charge is 2.20. The molecule has 1 aliphatic heterocycles. The molecule has 0 amide bonds. The molecule has 0 aliphatic carbocycles. The predicted molar refractivity (Wildman–Crippen MR) is 60.4 cm³/mol. The van der Waals surface area contributed by atoms with Crippen molar-refractivity contribution < 1.29 is 0 Å². The zero-order valence-corrected chi connectivity index (χ0v) is 8.87. The minimum absolute atomic E-state index is 0.319. The van der Waals surface area contributed by atoms with Crippen LogP contribution in [0.25, 0.3) is 0 Å². The van der Waals surface area contributed by atoms with E-state index in [1.807, 2.05) is 18.2 Å². The number of rotatable bonds is 2. The number of hydrogen-bond acceptors (Lipinski definition) is 2. The predicted octanol–water partition coefficient (Wildman–Crippen LogP) is 2.08. The molecule has 1 heterocycles. The summed E-state index contributed by atoms with van der Waals surface area (Å²) in [6.45, 7) is 2.99. The lowest BCUT2D eigenvalue weighted by Crippen LogP contribution is -2.20. The molecule has 1 saturated heterocycles. The van der Waals surface area contributed by atoms with Gasteiger partial charge in [0.05, 0.1) is 0 Å². The van der Waals surface area contributed by atoms with Gasteiger partial charge in [-0.05, 0) is 24.6 Å². The monoisotopic (exact) mass is 210 g/mol. The van der Waals surface area contributed by atoms with E-state index in [9.17, 15) is 0 Å². The summed E-state index contributed by atoms with van der Waals surface area (Å²) in [5.74, 6) is 0. The van der Waals surface area contributed by atoms with Gasteiger partial charge in [-0.2, -0.15) is 0 Å². The molecule has 1 fully saturated rings. The highest BCUT2D eigenvalue weighted by molar-refractivity contribution is 6.20. The minimum atomic E-state index is 0.319. The fourth-order valence-corrected chi connectivity index (χ4v) is 2.14. The van der Waals surface area contributed by atoms with Crippen LogP contribution in [-0.2, 0) is 6.54 Å². The molecule has 1 aliphatic rings. The van der Waals surface area contributed by atoms with Crippen molar-refractivity contribution in [1.29, 1.82) is 0 Å². The van der Waals surface area contributed by atoms with Gasteiger partial charge in [-0.15, -0.1) is 11.6 Å². The number of alkyl halides is 1. The minimum Gasteiger partial charge on any atom is -0.398 e. The SMILES string of the molecule is Nc1ccccc1CN1CC[C@@H](Cl)C1. The van der Waals surface area contributed by atoms with Crippen LogP contribution in [0, 0.1) is 0 Å². The van der Waals surface area contributed by atoms with E-state index in [4.69, 9.17) is 17.3 Å². The van der Waals surface area contributed by atoms with E-state index in [2.05, 4.69) is 11.0 Å². The zero-order valence-electron chi connectivity index (χ0n) is 8.12. The van der Waals surface area contributed by atoms with Gasteiger partial charge in [0.25, 0.3) is 0 Å². The van der Waals surface area contributed by atoms with Crippen LogP contribution >= 0.6 is 11.6 Å². The molecule has 0 radical (unpaired) electrons. The fourth-order valence-electron chi connectivity index (χ4n) is 1.85. The third-order valence-corrected chi connectivity index (χ3v) is 3.02. The van der Waals surface area contributed by atoms with Gasteiger partial charge in [-0.1, -0.05) is 18.2 Å². The lowest BCUT2D eigenvalue weighted by atomic mass is 10.2. The molecule has 0 unspecified atom stereocenters. The molecule has 2 rings (SSSR count). The Morgan fingerprint density at radius 2 is 2.21 bits per heavy atom. The van der Waals surface area contributed by atoms with Crippen LogP contribution in [0.2, 0.25) is 0 Å². The molecule has 14 heavy (non-hydrogen) atoms. The Morgan fingerprint density at radius 3 is 2.86 bits per heavy atom. The van der Waals surface area contributed by atoms with Crippen molar-refractivity contribution in [3.63, 3.8) is 0 Å². The molecule has 1 aromatic rings. The summed E-state index contributed by atoms with van der Waals surface area (Å²) in [5, 5.41) is 0.319. The second-order valence-corrected chi connectivity index (χ2v) is 4.44. The Kier molecular flexibility index (Phi) is 2.94. The maximum atomic E-state index is 6.04. The van der Waals surface area contributed by atoms with Gasteiger partial charge in [-0.25, -0.2) is 0 Å². The first kappa shape index (κ1) is 9.81. The summed E-state index contributed by atoms with van der Waals surface area (Å²) in [5.41, 5.74) is 7.96. The van der Waals surface area contributed by atoms with Crippen LogP contribution in [-0.4, -0.2) is 23.4 Å². The molecule has 0 bridgehead atoms. The van der Waals surface area contributed by atoms with E-state index in [0.29, 0.717) is 5.38 Å². The van der Waals surface area contributed by atoms with Gasteiger partial charge >= 0.3 is 0 Å². The van der Waals surface area contributed by atoms with E-state index < -0.39 is 0 Å². The van der Waals surface area contributed by atoms with Crippen molar-refractivity contribution in [2.75, 3.05) is 18.8 Å². The van der Waals surface area contributed by atoms with Gasteiger partial charge in [0.1, 0.15) is 0 Å². The lowest BCUT2D eigenvalue weighted by molar-refractivity contribution is 0.332. The largest absolute Gasteiger partial charge is 0.398 e. The number of benzene rings is 1. The molecule has 0 saturated carbocycles. The third-order valence-electron chi connectivity index (χ3n) is 2.66. The quantitative estimate of drug-likeness (QED) is 0.598. The molecule has 2 nitrogen and oxygen atoms in total. The highest BCUT2D eigenvalue weighted by atomic mass is 35.5. The second kappa shape index (κ2) is 4.20. The van der Waals surface area contributed by atoms with E-state index in [1.165, 1.54) is 5.56 Å². The second-order valence-electron chi connectivity index (χ2n) is 3.82. The van der Waals surface area contributed by atoms with E-state index in [1.54, 1.807) is 0 Å². The first-order chi connectivity index (χ1) is 6.75. The van der Waals surface area contributed by atoms with Gasteiger partial charge in [0.15, 0.2) is 0 Å². The number of anilines is 1. The van der Waals surface area contributed by atoms with Crippen molar-refractivity contribution >= 4 is 17.3 Å². The van der Waals surface area contributed by atoms with Gasteiger partial charge in [0.2, 0.25) is 0 Å². The van der Waals surface area contributed by atoms with E-state index in [-0.39, 0.29) is 0 Å². The van der Waals surface area contributed by atoms with Crippen LogP contribution in [0.3, 0.4) is 0 Å². The van der Waals surface area contributed by atoms with E-state index in [0.717, 1.165) is 31.7 Å². The molecule has 76 valence electrons. The van der Waals surface area contributed by atoms with Gasteiger partial charge in [-0.3, -0.25) is 4.90 Å². The molecular formula is C11H15ClN2. The third kappa shape index (κ3) is 2.20. The summed E-state index contributed by atoms with van der Waals surface area (Å²) >= 11 is 6.04. The first-order valence-corrected chi connectivity index (χ1v) is 5.39. The van der Waals surface area contributed by atoms with Crippen LogP contribution in [0.1, 0.15) is 12.0 Å². The smallest absolute Gasteiger partial charge is 0.0475 e. The Labute approximate surface area is 89.7 Å². The van der Waals surface area contributed by atoms with Crippen LogP contribution in [0.5, 0.6) is 0 Å². The summed E-state index contributed by atoms with van der Waals surface area (Å²) in [4.78, 5) is 2.35. The molecule has 1 aromatic carbocycles. The van der Waals surface area contributed by atoms with Crippen molar-refractivity contribution in [1.82, 2.24) is 4.90 Å². The lowest BCUT2D eigenvalue weighted by Gasteiger charge is -2.15. The van der Waals surface area contributed by atoms with Crippen LogP contribution in [0.15, 0.2) is 24.3 Å². The van der Waals surface area contributed by atoms with Crippen LogP contribution < -0.4 is 5.73 Å². The summed E-state index contributed by atoms with van der Waals surface area (Å²) in [7, 11) is 0. The maximum absolute atomic E-state index is 6.04.